The predicted octanol–water partition coefficient (Wildman–Crippen LogP) is 9.77. The van der Waals surface area contributed by atoms with Crippen LogP contribution in [-0.2, 0) is 11.2 Å². The lowest BCUT2D eigenvalue weighted by Crippen LogP contribution is -2.33. The fourth-order valence-corrected chi connectivity index (χ4v) is 7.53. The molecule has 0 atom stereocenters. The number of halogens is 2. The second-order valence-electron chi connectivity index (χ2n) is 13.0. The maximum atomic E-state index is 14.5. The third-order valence-corrected chi connectivity index (χ3v) is 9.91. The average Bonchev–Trinajstić information content (AvgIpc) is 3.66. The highest BCUT2D eigenvalue weighted by Gasteiger charge is 2.29. The number of thiophene rings is 1. The molecule has 11 heteroatoms. The van der Waals surface area contributed by atoms with Crippen LogP contribution in [0.15, 0.2) is 91.1 Å². The number of benzene rings is 3. The normalized spacial score (nSPS) is 12.6. The van der Waals surface area contributed by atoms with E-state index in [0.717, 1.165) is 16.0 Å². The summed E-state index contributed by atoms with van der Waals surface area (Å²) in [6.45, 7) is 7.46. The van der Waals surface area contributed by atoms with Crippen LogP contribution in [-0.4, -0.2) is 39.6 Å². The van der Waals surface area contributed by atoms with Gasteiger partial charge in [0.1, 0.15) is 17.1 Å². The van der Waals surface area contributed by atoms with Crippen LogP contribution in [0.3, 0.4) is 0 Å². The van der Waals surface area contributed by atoms with Crippen molar-refractivity contribution in [2.45, 2.75) is 39.7 Å². The fraction of sp³-hybridized carbons (Fsp3) is 0.179. The number of rotatable bonds is 4. The molecular weight excluding hydrogens is 675 g/mol. The number of hydrogen-bond donors (Lipinski definition) is 1. The first kappa shape index (κ1) is 33.2. The molecule has 4 heterocycles. The summed E-state index contributed by atoms with van der Waals surface area (Å²) < 4.78 is 21.5. The second-order valence-corrected chi connectivity index (χ2v) is 14.5. The van der Waals surface area contributed by atoms with E-state index in [0.29, 0.717) is 56.3 Å². The van der Waals surface area contributed by atoms with E-state index in [4.69, 9.17) is 21.3 Å². The molecule has 3 aromatic heterocycles. The highest BCUT2D eigenvalue weighted by molar-refractivity contribution is 7.17. The van der Waals surface area contributed by atoms with Gasteiger partial charge in [0.05, 0.1) is 32.5 Å². The molecule has 8 nitrogen and oxygen atoms in total. The maximum Gasteiger partial charge on any atom is 0.419 e. The number of carbonyl (C=O) groups excluding carboxylic acids is 3. The van der Waals surface area contributed by atoms with Crippen molar-refractivity contribution >= 4 is 63.1 Å². The van der Waals surface area contributed by atoms with Gasteiger partial charge in [-0.3, -0.25) is 14.2 Å². The standard InChI is InChI=1S/C39H32ClFN4O4S/c1-22-10-7-14-28(41)33(22)43-36(46)32-20-23-18-19-44(31-17-6-5-11-25(31)35(23)50-32)37(47)30-16-9-15-29(42-30)26-21-45(38(48)49-39(2,3)4)34-24(26)12-8-13-27(34)40/h5-17,20-21H,18-19H2,1-4H3,(H,43,46). The average molecular weight is 707 g/mol. The minimum absolute atomic E-state index is 0.158. The lowest BCUT2D eigenvalue weighted by molar-refractivity contribution is 0.0544. The molecular formula is C39H32ClFN4O4S. The van der Waals surface area contributed by atoms with Crippen molar-refractivity contribution in [3.63, 3.8) is 0 Å². The highest BCUT2D eigenvalue weighted by atomic mass is 35.5. The molecule has 1 aliphatic heterocycles. The Balaban J connectivity index is 1.21. The SMILES string of the molecule is Cc1cccc(F)c1NC(=O)c1cc2c(s1)-c1ccccc1N(C(=O)c1cccc(-c3cn(C(=O)OC(C)(C)C)c4c(Cl)cccc34)n1)CC2. The van der Waals surface area contributed by atoms with Gasteiger partial charge in [0.2, 0.25) is 0 Å². The molecule has 7 rings (SSSR count). The Morgan fingerprint density at radius 2 is 1.72 bits per heavy atom. The quantitative estimate of drug-likeness (QED) is 0.197. The molecule has 252 valence electrons. The number of para-hydroxylation sites is 3. The smallest absolute Gasteiger partial charge is 0.419 e. The van der Waals surface area contributed by atoms with E-state index in [1.165, 1.54) is 22.0 Å². The molecule has 1 aliphatic rings. The molecule has 1 N–H and O–H groups in total. The Labute approximate surface area is 297 Å². The molecule has 0 aliphatic carbocycles. The van der Waals surface area contributed by atoms with Crippen LogP contribution in [0.2, 0.25) is 5.02 Å². The van der Waals surface area contributed by atoms with Crippen LogP contribution in [0.25, 0.3) is 32.6 Å². The summed E-state index contributed by atoms with van der Waals surface area (Å²) in [5.74, 6) is -1.18. The minimum Gasteiger partial charge on any atom is -0.443 e. The highest BCUT2D eigenvalue weighted by Crippen LogP contribution is 2.42. The number of anilines is 2. The number of pyridine rings is 1. The van der Waals surface area contributed by atoms with Gasteiger partial charge in [0.25, 0.3) is 11.8 Å². The van der Waals surface area contributed by atoms with Crippen molar-refractivity contribution < 1.29 is 23.5 Å². The Bertz CT molecular complexity index is 2320. The van der Waals surface area contributed by atoms with Crippen LogP contribution in [0.5, 0.6) is 0 Å². The Morgan fingerprint density at radius 1 is 0.960 bits per heavy atom. The van der Waals surface area contributed by atoms with Gasteiger partial charge >= 0.3 is 6.09 Å². The van der Waals surface area contributed by atoms with E-state index in [1.54, 1.807) is 81.3 Å². The molecule has 0 bridgehead atoms. The maximum absolute atomic E-state index is 14.5. The number of nitrogens with one attached hydrogen (secondary N) is 1. The summed E-state index contributed by atoms with van der Waals surface area (Å²) in [7, 11) is 0. The number of aromatic nitrogens is 2. The number of nitrogens with zero attached hydrogens (tertiary/aromatic N) is 3. The first-order valence-corrected chi connectivity index (χ1v) is 17.2. The predicted molar refractivity (Wildman–Crippen MR) is 196 cm³/mol. The van der Waals surface area contributed by atoms with Gasteiger partial charge in [-0.25, -0.2) is 14.2 Å². The van der Waals surface area contributed by atoms with Gasteiger partial charge in [0, 0.05) is 34.1 Å². The number of amides is 2. The van der Waals surface area contributed by atoms with Crippen LogP contribution >= 0.6 is 22.9 Å². The molecule has 0 spiro atoms. The largest absolute Gasteiger partial charge is 0.443 e. The number of hydrogen-bond acceptors (Lipinski definition) is 6. The summed E-state index contributed by atoms with van der Waals surface area (Å²) in [6, 6.07) is 24.6. The Hall–Kier alpha value is -5.32. The number of aryl methyl sites for hydroxylation is 1. The molecule has 2 amide bonds. The van der Waals surface area contributed by atoms with Crippen molar-refractivity contribution in [2.24, 2.45) is 0 Å². The van der Waals surface area contributed by atoms with Crippen molar-refractivity contribution in [2.75, 3.05) is 16.8 Å². The van der Waals surface area contributed by atoms with E-state index in [2.05, 4.69) is 5.32 Å². The molecule has 3 aromatic carbocycles. The third kappa shape index (κ3) is 6.16. The molecule has 6 aromatic rings. The summed E-state index contributed by atoms with van der Waals surface area (Å²) in [4.78, 5) is 48.6. The van der Waals surface area contributed by atoms with Crippen LogP contribution in [0.1, 0.15) is 52.1 Å². The van der Waals surface area contributed by atoms with E-state index in [-0.39, 0.29) is 17.3 Å². The summed E-state index contributed by atoms with van der Waals surface area (Å²) in [6.07, 6.45) is 1.55. The van der Waals surface area contributed by atoms with Gasteiger partial charge in [-0.05, 0) is 81.6 Å². The topological polar surface area (TPSA) is 93.5 Å². The van der Waals surface area contributed by atoms with Crippen molar-refractivity contribution in [3.05, 3.63) is 124 Å². The van der Waals surface area contributed by atoms with Crippen LogP contribution < -0.4 is 10.2 Å². The zero-order valence-corrected chi connectivity index (χ0v) is 29.3. The lowest BCUT2D eigenvalue weighted by atomic mass is 10.1. The first-order chi connectivity index (χ1) is 23.9. The van der Waals surface area contributed by atoms with Gasteiger partial charge in [-0.15, -0.1) is 11.3 Å². The van der Waals surface area contributed by atoms with E-state index >= 15 is 0 Å². The molecule has 0 unspecified atom stereocenters. The lowest BCUT2D eigenvalue weighted by Gasteiger charge is -2.23. The van der Waals surface area contributed by atoms with Crippen LogP contribution in [0, 0.1) is 12.7 Å². The van der Waals surface area contributed by atoms with Gasteiger partial charge < -0.3 is 15.0 Å². The summed E-state index contributed by atoms with van der Waals surface area (Å²) >= 11 is 7.89. The van der Waals surface area contributed by atoms with Gasteiger partial charge in [-0.2, -0.15) is 0 Å². The molecule has 0 saturated carbocycles. The molecule has 0 fully saturated rings. The molecule has 0 saturated heterocycles. The van der Waals surface area contributed by atoms with Gasteiger partial charge in [-0.1, -0.05) is 60.1 Å². The Morgan fingerprint density at radius 3 is 2.50 bits per heavy atom. The summed E-state index contributed by atoms with van der Waals surface area (Å²) in [5, 5.41) is 3.80. The number of ether oxygens (including phenoxy) is 1. The van der Waals surface area contributed by atoms with E-state index in [9.17, 15) is 18.8 Å². The molecule has 50 heavy (non-hydrogen) atoms. The van der Waals surface area contributed by atoms with Crippen molar-refractivity contribution in [1.29, 1.82) is 0 Å². The summed E-state index contributed by atoms with van der Waals surface area (Å²) in [5.41, 5.74) is 4.32. The zero-order chi connectivity index (χ0) is 35.3. The minimum atomic E-state index is -0.721. The zero-order valence-electron chi connectivity index (χ0n) is 27.7. The van der Waals surface area contributed by atoms with Crippen molar-refractivity contribution in [3.8, 4) is 21.7 Å². The monoisotopic (exact) mass is 706 g/mol. The Kier molecular flexibility index (Phi) is 8.53. The first-order valence-electron chi connectivity index (χ1n) is 16.0. The van der Waals surface area contributed by atoms with Crippen molar-refractivity contribution in [1.82, 2.24) is 9.55 Å². The van der Waals surface area contributed by atoms with Gasteiger partial charge in [0.15, 0.2) is 0 Å². The molecule has 0 radical (unpaired) electrons. The van der Waals surface area contributed by atoms with E-state index < -0.39 is 23.4 Å². The second kappa shape index (κ2) is 12.9. The van der Waals surface area contributed by atoms with E-state index in [1.807, 2.05) is 36.4 Å². The van der Waals surface area contributed by atoms with Crippen LogP contribution in [0.4, 0.5) is 20.6 Å². The number of fused-ring (bicyclic) bond motifs is 4. The third-order valence-electron chi connectivity index (χ3n) is 8.39. The number of carbonyl (C=O) groups is 3. The fourth-order valence-electron chi connectivity index (χ4n) is 6.13.